The predicted octanol–water partition coefficient (Wildman–Crippen LogP) is 3.70. The third-order valence-electron chi connectivity index (χ3n) is 3.69. The van der Waals surface area contributed by atoms with Crippen LogP contribution in [0.1, 0.15) is 27.2 Å². The Morgan fingerprint density at radius 1 is 1.19 bits per heavy atom. The van der Waals surface area contributed by atoms with Crippen LogP contribution < -0.4 is 5.73 Å². The molecule has 0 bridgehead atoms. The van der Waals surface area contributed by atoms with Gasteiger partial charge in [0.25, 0.3) is 0 Å². The second-order valence-electron chi connectivity index (χ2n) is 4.91. The number of benzene rings is 1. The molecule has 0 aliphatic heterocycles. The minimum Gasteiger partial charge on any atom is -0.464 e. The first-order valence-electron chi connectivity index (χ1n) is 6.48. The molecular formula is C16H17ClN2O2. The van der Waals surface area contributed by atoms with E-state index in [9.17, 15) is 4.79 Å². The van der Waals surface area contributed by atoms with Gasteiger partial charge in [-0.25, -0.2) is 9.78 Å². The Labute approximate surface area is 128 Å². The van der Waals surface area contributed by atoms with E-state index in [-0.39, 0.29) is 5.69 Å². The van der Waals surface area contributed by atoms with Crippen LogP contribution in [0.3, 0.4) is 0 Å². The van der Waals surface area contributed by atoms with Crippen molar-refractivity contribution in [3.05, 3.63) is 45.6 Å². The van der Waals surface area contributed by atoms with Crippen molar-refractivity contribution in [2.24, 2.45) is 0 Å². The van der Waals surface area contributed by atoms with Gasteiger partial charge >= 0.3 is 5.97 Å². The summed E-state index contributed by atoms with van der Waals surface area (Å²) in [5, 5.41) is 0.699. The van der Waals surface area contributed by atoms with Crippen LogP contribution in [0, 0.1) is 20.8 Å². The fourth-order valence-electron chi connectivity index (χ4n) is 2.13. The van der Waals surface area contributed by atoms with Crippen molar-refractivity contribution in [1.29, 1.82) is 0 Å². The van der Waals surface area contributed by atoms with Gasteiger partial charge in [-0.05, 0) is 44.0 Å². The normalized spacial score (nSPS) is 10.5. The van der Waals surface area contributed by atoms with Crippen LogP contribution in [0.15, 0.2) is 18.2 Å². The zero-order valence-corrected chi connectivity index (χ0v) is 13.2. The Kier molecular flexibility index (Phi) is 4.19. The Morgan fingerprint density at radius 3 is 2.48 bits per heavy atom. The standard InChI is InChI=1S/C16H17ClN2O2/c1-8-9(2)12(17)6-5-11(8)14-7-13(18)10(3)15(19-14)16(20)21-4/h5-7H,1-4H3,(H2,18,19). The number of rotatable bonds is 2. The molecule has 0 saturated carbocycles. The molecule has 0 spiro atoms. The van der Waals surface area contributed by atoms with Crippen molar-refractivity contribution in [1.82, 2.24) is 4.98 Å². The average Bonchev–Trinajstić information content (AvgIpc) is 2.47. The van der Waals surface area contributed by atoms with Gasteiger partial charge in [0.05, 0.1) is 12.8 Å². The van der Waals surface area contributed by atoms with E-state index < -0.39 is 5.97 Å². The number of nitrogens with two attached hydrogens (primary N) is 1. The fourth-order valence-corrected chi connectivity index (χ4v) is 2.33. The Balaban J connectivity index is 2.68. The Hall–Kier alpha value is -2.07. The van der Waals surface area contributed by atoms with E-state index in [1.807, 2.05) is 26.0 Å². The van der Waals surface area contributed by atoms with E-state index in [4.69, 9.17) is 22.1 Å². The molecule has 0 fully saturated rings. The molecule has 4 nitrogen and oxygen atoms in total. The van der Waals surface area contributed by atoms with Gasteiger partial charge < -0.3 is 10.5 Å². The van der Waals surface area contributed by atoms with E-state index in [1.165, 1.54) is 7.11 Å². The molecule has 1 heterocycles. The molecule has 1 aromatic heterocycles. The summed E-state index contributed by atoms with van der Waals surface area (Å²) in [6.07, 6.45) is 0. The molecule has 110 valence electrons. The van der Waals surface area contributed by atoms with Crippen molar-refractivity contribution in [3.8, 4) is 11.3 Å². The monoisotopic (exact) mass is 304 g/mol. The molecule has 21 heavy (non-hydrogen) atoms. The molecule has 0 radical (unpaired) electrons. The summed E-state index contributed by atoms with van der Waals surface area (Å²) in [5.41, 5.74) is 10.9. The Bertz CT molecular complexity index is 727. The van der Waals surface area contributed by atoms with Crippen LogP contribution >= 0.6 is 11.6 Å². The van der Waals surface area contributed by atoms with Gasteiger partial charge in [0, 0.05) is 21.8 Å². The molecule has 2 N–H and O–H groups in total. The van der Waals surface area contributed by atoms with Crippen molar-refractivity contribution in [2.45, 2.75) is 20.8 Å². The molecule has 0 atom stereocenters. The van der Waals surface area contributed by atoms with Crippen molar-refractivity contribution in [3.63, 3.8) is 0 Å². The topological polar surface area (TPSA) is 65.2 Å². The number of nitrogen functional groups attached to an aromatic ring is 1. The van der Waals surface area contributed by atoms with Gasteiger partial charge in [-0.2, -0.15) is 0 Å². The van der Waals surface area contributed by atoms with Crippen LogP contribution in [0.25, 0.3) is 11.3 Å². The second-order valence-corrected chi connectivity index (χ2v) is 5.31. The third kappa shape index (κ3) is 2.72. The van der Waals surface area contributed by atoms with Crippen LogP contribution in [0.5, 0.6) is 0 Å². The van der Waals surface area contributed by atoms with Crippen LogP contribution in [0.4, 0.5) is 5.69 Å². The number of esters is 1. The summed E-state index contributed by atoms with van der Waals surface area (Å²) >= 11 is 6.11. The summed E-state index contributed by atoms with van der Waals surface area (Å²) in [4.78, 5) is 16.2. The predicted molar refractivity (Wildman–Crippen MR) is 84.6 cm³/mol. The summed E-state index contributed by atoms with van der Waals surface area (Å²) in [6.45, 7) is 5.66. The lowest BCUT2D eigenvalue weighted by Crippen LogP contribution is -2.10. The molecule has 2 rings (SSSR count). The highest BCUT2D eigenvalue weighted by Crippen LogP contribution is 2.31. The second kappa shape index (κ2) is 5.74. The molecule has 1 aromatic carbocycles. The molecule has 0 saturated heterocycles. The number of carbonyl (C=O) groups excluding carboxylic acids is 1. The van der Waals surface area contributed by atoms with Crippen LogP contribution in [0.2, 0.25) is 5.02 Å². The maximum atomic E-state index is 11.8. The van der Waals surface area contributed by atoms with Gasteiger partial charge in [-0.1, -0.05) is 17.7 Å². The van der Waals surface area contributed by atoms with Gasteiger partial charge in [0.2, 0.25) is 0 Å². The number of pyridine rings is 1. The van der Waals surface area contributed by atoms with Gasteiger partial charge in [0.1, 0.15) is 0 Å². The Morgan fingerprint density at radius 2 is 1.86 bits per heavy atom. The lowest BCUT2D eigenvalue weighted by molar-refractivity contribution is 0.0593. The number of hydrogen-bond acceptors (Lipinski definition) is 4. The van der Waals surface area contributed by atoms with Gasteiger partial charge in [-0.3, -0.25) is 0 Å². The van der Waals surface area contributed by atoms with Crippen LogP contribution in [-0.4, -0.2) is 18.1 Å². The van der Waals surface area contributed by atoms with E-state index in [2.05, 4.69) is 4.98 Å². The first kappa shape index (κ1) is 15.3. The SMILES string of the molecule is COC(=O)c1nc(-c2ccc(Cl)c(C)c2C)cc(N)c1C. The zero-order valence-electron chi connectivity index (χ0n) is 12.5. The summed E-state index contributed by atoms with van der Waals surface area (Å²) in [6, 6.07) is 5.45. The smallest absolute Gasteiger partial charge is 0.357 e. The number of methoxy groups -OCH3 is 1. The number of halogens is 1. The van der Waals surface area contributed by atoms with E-state index in [0.29, 0.717) is 22.0 Å². The molecule has 0 unspecified atom stereocenters. The van der Waals surface area contributed by atoms with E-state index in [1.54, 1.807) is 13.0 Å². The molecule has 0 aliphatic carbocycles. The van der Waals surface area contributed by atoms with Gasteiger partial charge in [-0.15, -0.1) is 0 Å². The average molecular weight is 305 g/mol. The molecule has 0 aliphatic rings. The maximum Gasteiger partial charge on any atom is 0.357 e. The first-order valence-corrected chi connectivity index (χ1v) is 6.86. The number of hydrogen-bond donors (Lipinski definition) is 1. The van der Waals surface area contributed by atoms with E-state index in [0.717, 1.165) is 16.7 Å². The van der Waals surface area contributed by atoms with Crippen molar-refractivity contribution < 1.29 is 9.53 Å². The van der Waals surface area contributed by atoms with E-state index >= 15 is 0 Å². The number of nitrogens with zero attached hydrogens (tertiary/aromatic N) is 1. The third-order valence-corrected chi connectivity index (χ3v) is 4.10. The number of ether oxygens (including phenoxy) is 1. The first-order chi connectivity index (χ1) is 9.86. The summed E-state index contributed by atoms with van der Waals surface area (Å²) in [5.74, 6) is -0.496. The van der Waals surface area contributed by atoms with Crippen molar-refractivity contribution in [2.75, 3.05) is 12.8 Å². The molecule has 5 heteroatoms. The number of aromatic nitrogens is 1. The highest BCUT2D eigenvalue weighted by atomic mass is 35.5. The maximum absolute atomic E-state index is 11.8. The number of carbonyl (C=O) groups is 1. The molecular weight excluding hydrogens is 288 g/mol. The highest BCUT2D eigenvalue weighted by molar-refractivity contribution is 6.31. The largest absolute Gasteiger partial charge is 0.464 e. The highest BCUT2D eigenvalue weighted by Gasteiger charge is 2.17. The zero-order chi connectivity index (χ0) is 15.7. The van der Waals surface area contributed by atoms with Gasteiger partial charge in [0.15, 0.2) is 5.69 Å². The summed E-state index contributed by atoms with van der Waals surface area (Å²) < 4.78 is 4.76. The van der Waals surface area contributed by atoms with Crippen LogP contribution in [-0.2, 0) is 4.74 Å². The number of anilines is 1. The minimum atomic E-state index is -0.496. The lowest BCUT2D eigenvalue weighted by Gasteiger charge is -2.13. The quantitative estimate of drug-likeness (QED) is 0.859. The van der Waals surface area contributed by atoms with Crippen molar-refractivity contribution >= 4 is 23.3 Å². The molecule has 0 amide bonds. The molecule has 2 aromatic rings. The lowest BCUT2D eigenvalue weighted by atomic mass is 9.99. The fraction of sp³-hybridized carbons (Fsp3) is 0.250. The minimum absolute atomic E-state index is 0.236. The summed E-state index contributed by atoms with van der Waals surface area (Å²) in [7, 11) is 1.32.